The number of nitrogens with zero attached hydrogens (tertiary/aromatic N) is 1. The van der Waals surface area contributed by atoms with Crippen molar-refractivity contribution in [2.45, 2.75) is 33.2 Å². The molecule has 2 aromatic rings. The summed E-state index contributed by atoms with van der Waals surface area (Å²) >= 11 is 0. The molecule has 126 valence electrons. The first-order valence-electron chi connectivity index (χ1n) is 7.43. The van der Waals surface area contributed by atoms with Gasteiger partial charge in [0.25, 0.3) is 5.56 Å². The predicted molar refractivity (Wildman–Crippen MR) is 87.7 cm³/mol. The molecule has 1 atom stereocenters. The van der Waals surface area contributed by atoms with Gasteiger partial charge >= 0.3 is 5.97 Å². The molecule has 0 aliphatic rings. The Kier molecular flexibility index (Phi) is 5.13. The van der Waals surface area contributed by atoms with E-state index in [-0.39, 0.29) is 12.0 Å². The van der Waals surface area contributed by atoms with E-state index in [1.54, 1.807) is 32.0 Å². The minimum absolute atomic E-state index is 0.228. The Bertz CT molecular complexity index is 842. The van der Waals surface area contributed by atoms with E-state index in [4.69, 9.17) is 0 Å². The van der Waals surface area contributed by atoms with Crippen molar-refractivity contribution in [1.29, 1.82) is 0 Å². The third-order valence-corrected chi connectivity index (χ3v) is 3.61. The van der Waals surface area contributed by atoms with Gasteiger partial charge in [0.05, 0.1) is 6.42 Å². The molecule has 0 bridgehead atoms. The summed E-state index contributed by atoms with van der Waals surface area (Å²) in [6.07, 6.45) is -0.232. The summed E-state index contributed by atoms with van der Waals surface area (Å²) in [7, 11) is 0. The average molecular weight is 329 g/mol. The van der Waals surface area contributed by atoms with Crippen molar-refractivity contribution < 1.29 is 14.7 Å². The predicted octanol–water partition coefficient (Wildman–Crippen LogP) is 1.18. The van der Waals surface area contributed by atoms with Crippen molar-refractivity contribution in [2.24, 2.45) is 0 Å². The van der Waals surface area contributed by atoms with Crippen molar-refractivity contribution in [3.63, 3.8) is 0 Å². The Labute approximate surface area is 138 Å². The van der Waals surface area contributed by atoms with Crippen LogP contribution in [0.25, 0.3) is 0 Å². The quantitative estimate of drug-likeness (QED) is 0.762. The van der Waals surface area contributed by atoms with E-state index in [1.807, 2.05) is 13.0 Å². The van der Waals surface area contributed by atoms with Gasteiger partial charge in [0, 0.05) is 11.3 Å². The monoisotopic (exact) mass is 329 g/mol. The van der Waals surface area contributed by atoms with Crippen molar-refractivity contribution in [1.82, 2.24) is 15.3 Å². The highest BCUT2D eigenvalue weighted by molar-refractivity contribution is 5.85. The zero-order chi connectivity index (χ0) is 17.9. The van der Waals surface area contributed by atoms with Crippen LogP contribution in [0.3, 0.4) is 0 Å². The lowest BCUT2D eigenvalue weighted by Crippen LogP contribution is -2.36. The van der Waals surface area contributed by atoms with Gasteiger partial charge in [-0.25, -0.2) is 9.78 Å². The summed E-state index contributed by atoms with van der Waals surface area (Å²) in [5, 5.41) is 11.8. The first-order chi connectivity index (χ1) is 11.3. The number of carboxylic acid groups (broad SMARTS) is 1. The van der Waals surface area contributed by atoms with Gasteiger partial charge in [-0.2, -0.15) is 0 Å². The van der Waals surface area contributed by atoms with Crippen LogP contribution >= 0.6 is 0 Å². The second kappa shape index (κ2) is 7.08. The number of hydrogen-bond acceptors (Lipinski definition) is 4. The second-order valence-electron chi connectivity index (χ2n) is 5.64. The lowest BCUT2D eigenvalue weighted by atomic mass is 10.0. The summed E-state index contributed by atoms with van der Waals surface area (Å²) in [6.45, 7) is 5.13. The lowest BCUT2D eigenvalue weighted by molar-refractivity contribution is -0.142. The maximum absolute atomic E-state index is 12.2. The van der Waals surface area contributed by atoms with Crippen LogP contribution in [0.4, 0.5) is 0 Å². The molecule has 3 N–H and O–H groups in total. The van der Waals surface area contributed by atoms with Gasteiger partial charge in [0.2, 0.25) is 5.91 Å². The zero-order valence-electron chi connectivity index (χ0n) is 13.7. The third-order valence-electron chi connectivity index (χ3n) is 3.61. The highest BCUT2D eigenvalue weighted by Gasteiger charge is 2.23. The molecule has 0 fully saturated rings. The largest absolute Gasteiger partial charge is 0.479 e. The normalized spacial score (nSPS) is 11.8. The first-order valence-corrected chi connectivity index (χ1v) is 7.43. The van der Waals surface area contributed by atoms with E-state index in [1.165, 1.54) is 0 Å². The van der Waals surface area contributed by atoms with E-state index in [0.29, 0.717) is 17.1 Å². The van der Waals surface area contributed by atoms with Crippen LogP contribution in [0.1, 0.15) is 34.3 Å². The Hall–Kier alpha value is -2.96. The van der Waals surface area contributed by atoms with Crippen LogP contribution in [-0.2, 0) is 16.0 Å². The summed E-state index contributed by atoms with van der Waals surface area (Å²) in [4.78, 5) is 42.3. The van der Waals surface area contributed by atoms with Crippen molar-refractivity contribution >= 4 is 11.9 Å². The van der Waals surface area contributed by atoms with Crippen molar-refractivity contribution in [2.75, 3.05) is 0 Å². The van der Waals surface area contributed by atoms with Crippen LogP contribution in [-0.4, -0.2) is 27.0 Å². The Morgan fingerprint density at radius 2 is 2.00 bits per heavy atom. The van der Waals surface area contributed by atoms with Gasteiger partial charge in [-0.15, -0.1) is 0 Å². The topological polar surface area (TPSA) is 112 Å². The van der Waals surface area contributed by atoms with Gasteiger partial charge in [-0.05, 0) is 26.3 Å². The number of rotatable bonds is 5. The molecule has 0 aliphatic carbocycles. The van der Waals surface area contributed by atoms with Crippen molar-refractivity contribution in [3.05, 3.63) is 62.8 Å². The number of aliphatic carboxylic acids is 1. The Morgan fingerprint density at radius 3 is 2.58 bits per heavy atom. The summed E-state index contributed by atoms with van der Waals surface area (Å²) < 4.78 is 0. The van der Waals surface area contributed by atoms with Gasteiger partial charge < -0.3 is 15.4 Å². The minimum atomic E-state index is -1.17. The SMILES string of the molecule is Cc1cccc([C@@H](NC(=O)Cc2c(C)nc(C)[nH]c2=O)C(=O)O)c1. The number of carbonyl (C=O) groups excluding carboxylic acids is 1. The van der Waals surface area contributed by atoms with Gasteiger partial charge in [-0.1, -0.05) is 29.8 Å². The van der Waals surface area contributed by atoms with Crippen LogP contribution < -0.4 is 10.9 Å². The smallest absolute Gasteiger partial charge is 0.330 e. The fourth-order valence-electron chi connectivity index (χ4n) is 2.47. The molecule has 1 aromatic heterocycles. The van der Waals surface area contributed by atoms with E-state index in [0.717, 1.165) is 5.56 Å². The van der Waals surface area contributed by atoms with Crippen molar-refractivity contribution in [3.8, 4) is 0 Å². The van der Waals surface area contributed by atoms with Crippen LogP contribution in [0.5, 0.6) is 0 Å². The molecule has 1 amide bonds. The average Bonchev–Trinajstić information content (AvgIpc) is 2.48. The number of aromatic nitrogens is 2. The summed E-state index contributed by atoms with van der Waals surface area (Å²) in [5.41, 5.74) is 1.66. The highest BCUT2D eigenvalue weighted by atomic mass is 16.4. The number of benzene rings is 1. The maximum atomic E-state index is 12.2. The first kappa shape index (κ1) is 17.4. The number of H-pyrrole nitrogens is 1. The summed E-state index contributed by atoms with van der Waals surface area (Å²) in [6, 6.07) is 5.73. The summed E-state index contributed by atoms with van der Waals surface area (Å²) in [5.74, 6) is -1.25. The number of nitrogens with one attached hydrogen (secondary N) is 2. The van der Waals surface area contributed by atoms with Crippen LogP contribution in [0.2, 0.25) is 0 Å². The minimum Gasteiger partial charge on any atom is -0.479 e. The number of hydrogen-bond donors (Lipinski definition) is 3. The van der Waals surface area contributed by atoms with E-state index < -0.39 is 23.5 Å². The molecule has 0 saturated heterocycles. The third kappa shape index (κ3) is 4.07. The fourth-order valence-corrected chi connectivity index (χ4v) is 2.47. The molecule has 0 saturated carbocycles. The molecule has 0 spiro atoms. The molecule has 0 unspecified atom stereocenters. The van der Waals surface area contributed by atoms with Gasteiger partial charge in [0.15, 0.2) is 6.04 Å². The molecular weight excluding hydrogens is 310 g/mol. The fraction of sp³-hybridized carbons (Fsp3) is 0.294. The number of carboxylic acids is 1. The highest BCUT2D eigenvalue weighted by Crippen LogP contribution is 2.15. The van der Waals surface area contributed by atoms with Crippen LogP contribution in [0, 0.1) is 20.8 Å². The number of aromatic amines is 1. The standard InChI is InChI=1S/C17H19N3O4/c1-9-5-4-6-12(7-9)15(17(23)24)20-14(21)8-13-10(2)18-11(3)19-16(13)22/h4-7,15H,8H2,1-3H3,(H,20,21)(H,23,24)(H,18,19,22)/t15-/m1/s1. The number of aryl methyl sites for hydroxylation is 3. The molecule has 2 rings (SSSR count). The molecule has 7 heteroatoms. The van der Waals surface area contributed by atoms with E-state index >= 15 is 0 Å². The molecule has 24 heavy (non-hydrogen) atoms. The Morgan fingerprint density at radius 1 is 1.29 bits per heavy atom. The van der Waals surface area contributed by atoms with Gasteiger partial charge in [-0.3, -0.25) is 9.59 Å². The maximum Gasteiger partial charge on any atom is 0.330 e. The zero-order valence-corrected chi connectivity index (χ0v) is 13.7. The van der Waals surface area contributed by atoms with E-state index in [2.05, 4.69) is 15.3 Å². The lowest BCUT2D eigenvalue weighted by Gasteiger charge is -2.15. The molecule has 7 nitrogen and oxygen atoms in total. The molecule has 1 aromatic carbocycles. The van der Waals surface area contributed by atoms with Gasteiger partial charge in [0.1, 0.15) is 5.82 Å². The number of amides is 1. The molecule has 1 heterocycles. The molecular formula is C17H19N3O4. The Balaban J connectivity index is 2.21. The number of carbonyl (C=O) groups is 2. The molecule has 0 aliphatic heterocycles. The second-order valence-corrected chi connectivity index (χ2v) is 5.64. The van der Waals surface area contributed by atoms with E-state index in [9.17, 15) is 19.5 Å². The van der Waals surface area contributed by atoms with Crippen LogP contribution in [0.15, 0.2) is 29.1 Å². The molecule has 0 radical (unpaired) electrons.